The lowest BCUT2D eigenvalue weighted by Crippen LogP contribution is -2.18. The molecule has 0 saturated heterocycles. The van der Waals surface area contributed by atoms with Gasteiger partial charge in [0.25, 0.3) is 0 Å². The minimum atomic E-state index is -2.35. The first-order valence-corrected chi connectivity index (χ1v) is 9.09. The van der Waals surface area contributed by atoms with E-state index in [1.165, 1.54) is 12.5 Å². The molecule has 0 radical (unpaired) electrons. The number of ketones is 1. The summed E-state index contributed by atoms with van der Waals surface area (Å²) in [5.74, 6) is -1.02. The molecule has 3 aromatic rings. The Labute approximate surface area is 155 Å². The van der Waals surface area contributed by atoms with Gasteiger partial charge in [0, 0.05) is 28.9 Å². The fraction of sp³-hybridized carbons (Fsp3) is 0.176. The average molecular weight is 396 g/mol. The lowest BCUT2D eigenvalue weighted by molar-refractivity contribution is 0.103. The average Bonchev–Trinajstić information content (AvgIpc) is 3.08. The Bertz CT molecular complexity index is 992. The molecule has 0 bridgehead atoms. The Kier molecular flexibility index (Phi) is 5.77. The second-order valence-electron chi connectivity index (χ2n) is 5.52. The Hall–Kier alpha value is -2.13. The number of aromatic nitrogens is 1. The highest BCUT2D eigenvalue weighted by Gasteiger charge is 2.18. The van der Waals surface area contributed by atoms with Gasteiger partial charge in [-0.05, 0) is 48.7 Å². The van der Waals surface area contributed by atoms with E-state index in [2.05, 4.69) is 9.71 Å². The van der Waals surface area contributed by atoms with E-state index in [1.54, 1.807) is 18.2 Å². The first-order valence-electron chi connectivity index (χ1n) is 7.64. The standard InChI is InChI=1S/C17H14ClFN2O4S/c18-16-10(2-1-5-21-26(23)24)6-12(19)8-13(16)17(22)11-3-4-15-14(7-11)20-9-25-15/h3-4,6-9,21H,1-2,5H2,(H,23,24)/p-1. The lowest BCUT2D eigenvalue weighted by atomic mass is 9.99. The SMILES string of the molecule is O=C(c1ccc2ocnc2c1)c1cc(F)cc(CCCNS(=O)[O-])c1Cl. The molecule has 1 aromatic heterocycles. The molecule has 6 nitrogen and oxygen atoms in total. The highest BCUT2D eigenvalue weighted by atomic mass is 35.5. The van der Waals surface area contributed by atoms with Crippen molar-refractivity contribution in [2.24, 2.45) is 0 Å². The third-order valence-corrected chi connectivity index (χ3v) is 4.68. The van der Waals surface area contributed by atoms with Crippen LogP contribution < -0.4 is 4.72 Å². The van der Waals surface area contributed by atoms with Gasteiger partial charge in [-0.25, -0.2) is 14.1 Å². The van der Waals surface area contributed by atoms with Crippen LogP contribution in [0.4, 0.5) is 4.39 Å². The number of nitrogens with zero attached hydrogens (tertiary/aromatic N) is 1. The van der Waals surface area contributed by atoms with Gasteiger partial charge < -0.3 is 8.97 Å². The number of hydrogen-bond donors (Lipinski definition) is 1. The summed E-state index contributed by atoms with van der Waals surface area (Å²) < 4.78 is 42.2. The fourth-order valence-corrected chi connectivity index (χ4v) is 3.18. The predicted molar refractivity (Wildman–Crippen MR) is 94.1 cm³/mol. The van der Waals surface area contributed by atoms with Crippen molar-refractivity contribution in [3.8, 4) is 0 Å². The first kappa shape index (κ1) is 18.7. The van der Waals surface area contributed by atoms with E-state index < -0.39 is 22.9 Å². The van der Waals surface area contributed by atoms with Gasteiger partial charge in [0.15, 0.2) is 17.8 Å². The van der Waals surface area contributed by atoms with Gasteiger partial charge in [-0.1, -0.05) is 11.6 Å². The maximum Gasteiger partial charge on any atom is 0.194 e. The van der Waals surface area contributed by atoms with Crippen molar-refractivity contribution in [3.05, 3.63) is 64.3 Å². The second kappa shape index (κ2) is 8.05. The van der Waals surface area contributed by atoms with E-state index in [1.807, 2.05) is 0 Å². The van der Waals surface area contributed by atoms with Crippen LogP contribution >= 0.6 is 11.6 Å². The van der Waals surface area contributed by atoms with Gasteiger partial charge in [0.1, 0.15) is 11.3 Å². The van der Waals surface area contributed by atoms with Crippen LogP contribution in [0.1, 0.15) is 27.9 Å². The molecule has 0 aliphatic heterocycles. The molecule has 26 heavy (non-hydrogen) atoms. The van der Waals surface area contributed by atoms with Gasteiger partial charge >= 0.3 is 0 Å². The molecule has 3 rings (SSSR count). The highest BCUT2D eigenvalue weighted by Crippen LogP contribution is 2.27. The van der Waals surface area contributed by atoms with Crippen molar-refractivity contribution < 1.29 is 22.4 Å². The summed E-state index contributed by atoms with van der Waals surface area (Å²) in [5.41, 5.74) is 1.85. The Morgan fingerprint density at radius 2 is 2.15 bits per heavy atom. The van der Waals surface area contributed by atoms with Crippen LogP contribution in [0.2, 0.25) is 5.02 Å². The van der Waals surface area contributed by atoms with Gasteiger partial charge in [0.2, 0.25) is 0 Å². The molecular weight excluding hydrogens is 383 g/mol. The predicted octanol–water partition coefficient (Wildman–Crippen LogP) is 3.17. The number of oxazole rings is 1. The largest absolute Gasteiger partial charge is 0.760 e. The van der Waals surface area contributed by atoms with Gasteiger partial charge in [-0.15, -0.1) is 0 Å². The van der Waals surface area contributed by atoms with E-state index in [0.29, 0.717) is 35.1 Å². The molecular formula is C17H13ClFN2O4S-. The maximum atomic E-state index is 14.0. The maximum absolute atomic E-state index is 14.0. The molecule has 0 fully saturated rings. The molecule has 1 unspecified atom stereocenters. The summed E-state index contributed by atoms with van der Waals surface area (Å²) in [6.07, 6.45) is 2.01. The van der Waals surface area contributed by atoms with Crippen LogP contribution in [0.15, 0.2) is 41.1 Å². The molecule has 2 aromatic carbocycles. The molecule has 0 spiro atoms. The van der Waals surface area contributed by atoms with E-state index in [4.69, 9.17) is 16.0 Å². The molecule has 9 heteroatoms. The van der Waals surface area contributed by atoms with E-state index in [-0.39, 0.29) is 17.1 Å². The van der Waals surface area contributed by atoms with Gasteiger partial charge in [-0.3, -0.25) is 9.00 Å². The highest BCUT2D eigenvalue weighted by molar-refractivity contribution is 7.77. The number of nitrogens with one attached hydrogen (secondary N) is 1. The molecule has 1 atom stereocenters. The molecule has 0 aliphatic carbocycles. The molecule has 136 valence electrons. The third-order valence-electron chi connectivity index (χ3n) is 3.79. The van der Waals surface area contributed by atoms with E-state index in [9.17, 15) is 17.9 Å². The lowest BCUT2D eigenvalue weighted by Gasteiger charge is -2.11. The number of aryl methyl sites for hydroxylation is 1. The van der Waals surface area contributed by atoms with Gasteiger partial charge in [0.05, 0.1) is 5.02 Å². The summed E-state index contributed by atoms with van der Waals surface area (Å²) in [6.45, 7) is 0.190. The number of fused-ring (bicyclic) bond motifs is 1. The smallest absolute Gasteiger partial charge is 0.194 e. The Balaban J connectivity index is 1.86. The third kappa shape index (κ3) is 4.16. The summed E-state index contributed by atoms with van der Waals surface area (Å²) in [4.78, 5) is 16.7. The van der Waals surface area contributed by atoms with Crippen molar-refractivity contribution in [1.29, 1.82) is 0 Å². The van der Waals surface area contributed by atoms with Crippen molar-refractivity contribution in [2.45, 2.75) is 12.8 Å². The molecule has 0 amide bonds. The topological polar surface area (TPSA) is 95.3 Å². The van der Waals surface area contributed by atoms with Crippen LogP contribution in [-0.4, -0.2) is 26.1 Å². The monoisotopic (exact) mass is 395 g/mol. The summed E-state index contributed by atoms with van der Waals surface area (Å²) in [5, 5.41) is 0.153. The Morgan fingerprint density at radius 1 is 1.35 bits per heavy atom. The summed E-state index contributed by atoms with van der Waals surface area (Å²) >= 11 is 3.95. The van der Waals surface area contributed by atoms with Crippen molar-refractivity contribution in [1.82, 2.24) is 9.71 Å². The number of benzene rings is 2. The molecule has 0 saturated carbocycles. The van der Waals surface area contributed by atoms with E-state index in [0.717, 1.165) is 6.07 Å². The van der Waals surface area contributed by atoms with Crippen LogP contribution in [0, 0.1) is 5.82 Å². The zero-order valence-corrected chi connectivity index (χ0v) is 14.9. The first-order chi connectivity index (χ1) is 12.5. The zero-order valence-electron chi connectivity index (χ0n) is 13.3. The second-order valence-corrected chi connectivity index (χ2v) is 6.66. The van der Waals surface area contributed by atoms with Crippen molar-refractivity contribution in [2.75, 3.05) is 6.54 Å². The number of carbonyl (C=O) groups excluding carboxylic acids is 1. The van der Waals surface area contributed by atoms with Crippen LogP contribution in [-0.2, 0) is 17.7 Å². The van der Waals surface area contributed by atoms with Crippen molar-refractivity contribution in [3.63, 3.8) is 0 Å². The summed E-state index contributed by atoms with van der Waals surface area (Å²) in [6, 6.07) is 7.05. The van der Waals surface area contributed by atoms with E-state index >= 15 is 0 Å². The zero-order chi connectivity index (χ0) is 18.7. The van der Waals surface area contributed by atoms with Crippen LogP contribution in [0.3, 0.4) is 0 Å². The summed E-state index contributed by atoms with van der Waals surface area (Å²) in [7, 11) is 0. The molecule has 1 N–H and O–H groups in total. The fourth-order valence-electron chi connectivity index (χ4n) is 2.58. The quantitative estimate of drug-likeness (QED) is 0.376. The van der Waals surface area contributed by atoms with Crippen molar-refractivity contribution >= 4 is 39.8 Å². The van der Waals surface area contributed by atoms with Crippen LogP contribution in [0.25, 0.3) is 11.1 Å². The minimum absolute atomic E-state index is 0.0462. The minimum Gasteiger partial charge on any atom is -0.760 e. The normalized spacial score (nSPS) is 12.4. The number of carbonyl (C=O) groups is 1. The number of halogens is 2. The van der Waals surface area contributed by atoms with Crippen LogP contribution in [0.5, 0.6) is 0 Å². The molecule has 0 aliphatic rings. The number of rotatable bonds is 7. The Morgan fingerprint density at radius 3 is 2.92 bits per heavy atom. The molecule has 1 heterocycles. The number of hydrogen-bond acceptors (Lipinski definition) is 5. The van der Waals surface area contributed by atoms with Gasteiger partial charge in [-0.2, -0.15) is 0 Å².